The molecule has 2 N–H and O–H groups in total. The molecule has 0 spiro atoms. The first-order chi connectivity index (χ1) is 11.4. The van der Waals surface area contributed by atoms with E-state index in [1.165, 1.54) is 24.3 Å². The van der Waals surface area contributed by atoms with Crippen molar-refractivity contribution in [2.75, 3.05) is 18.5 Å². The fourth-order valence-electron chi connectivity index (χ4n) is 1.79. The molecule has 24 heavy (non-hydrogen) atoms. The van der Waals surface area contributed by atoms with E-state index in [1.807, 2.05) is 0 Å². The SMILES string of the molecule is OCCOc1ncc(CNc2ccc(OC(F)(F)F)cc2)cc1Br. The van der Waals surface area contributed by atoms with Gasteiger partial charge in [-0.25, -0.2) is 4.98 Å². The lowest BCUT2D eigenvalue weighted by Crippen LogP contribution is -2.17. The number of anilines is 1. The van der Waals surface area contributed by atoms with Crippen LogP contribution < -0.4 is 14.8 Å². The molecule has 0 fully saturated rings. The molecule has 0 bridgehead atoms. The largest absolute Gasteiger partial charge is 0.573 e. The fraction of sp³-hybridized carbons (Fsp3) is 0.267. The number of rotatable bonds is 7. The Labute approximate surface area is 144 Å². The lowest BCUT2D eigenvalue weighted by atomic mass is 10.2. The van der Waals surface area contributed by atoms with Gasteiger partial charge in [0, 0.05) is 18.4 Å². The van der Waals surface area contributed by atoms with Crippen molar-refractivity contribution in [2.45, 2.75) is 12.9 Å². The van der Waals surface area contributed by atoms with Crippen LogP contribution in [0.25, 0.3) is 0 Å². The number of halogens is 4. The molecule has 0 unspecified atom stereocenters. The Kier molecular flexibility index (Phi) is 6.27. The summed E-state index contributed by atoms with van der Waals surface area (Å²) < 4.78 is 45.9. The molecule has 0 amide bonds. The molecule has 130 valence electrons. The number of pyridine rings is 1. The maximum absolute atomic E-state index is 12.1. The van der Waals surface area contributed by atoms with Crippen LogP contribution in [0.3, 0.4) is 0 Å². The highest BCUT2D eigenvalue weighted by Gasteiger charge is 2.30. The zero-order valence-electron chi connectivity index (χ0n) is 12.3. The van der Waals surface area contributed by atoms with Crippen LogP contribution in [-0.2, 0) is 6.54 Å². The van der Waals surface area contributed by atoms with Crippen LogP contribution in [0.2, 0.25) is 0 Å². The van der Waals surface area contributed by atoms with E-state index in [0.717, 1.165) is 5.56 Å². The number of aliphatic hydroxyl groups is 1. The number of aliphatic hydroxyl groups excluding tert-OH is 1. The highest BCUT2D eigenvalue weighted by Crippen LogP contribution is 2.25. The van der Waals surface area contributed by atoms with E-state index in [2.05, 4.69) is 31.0 Å². The lowest BCUT2D eigenvalue weighted by molar-refractivity contribution is -0.274. The summed E-state index contributed by atoms with van der Waals surface area (Å²) in [6.45, 7) is 0.465. The summed E-state index contributed by atoms with van der Waals surface area (Å²) in [4.78, 5) is 4.12. The maximum Gasteiger partial charge on any atom is 0.573 e. The topological polar surface area (TPSA) is 63.6 Å². The molecule has 2 rings (SSSR count). The van der Waals surface area contributed by atoms with Gasteiger partial charge in [0.25, 0.3) is 0 Å². The van der Waals surface area contributed by atoms with Crippen LogP contribution in [0.15, 0.2) is 41.0 Å². The van der Waals surface area contributed by atoms with Crippen molar-refractivity contribution in [1.82, 2.24) is 4.98 Å². The van der Waals surface area contributed by atoms with Crippen LogP contribution in [0, 0.1) is 0 Å². The zero-order valence-corrected chi connectivity index (χ0v) is 13.9. The van der Waals surface area contributed by atoms with Gasteiger partial charge in [0.1, 0.15) is 12.4 Å². The first-order valence-corrected chi connectivity index (χ1v) is 7.64. The molecule has 0 aliphatic rings. The van der Waals surface area contributed by atoms with Crippen molar-refractivity contribution in [1.29, 1.82) is 0 Å². The minimum absolute atomic E-state index is 0.106. The van der Waals surface area contributed by atoms with E-state index in [0.29, 0.717) is 22.6 Å². The summed E-state index contributed by atoms with van der Waals surface area (Å²) in [6, 6.07) is 7.24. The van der Waals surface area contributed by atoms with Gasteiger partial charge in [0.2, 0.25) is 5.88 Å². The number of alkyl halides is 3. The molecule has 9 heteroatoms. The predicted molar refractivity (Wildman–Crippen MR) is 85.0 cm³/mol. The molecular formula is C15H14BrF3N2O3. The monoisotopic (exact) mass is 406 g/mol. The second kappa shape index (κ2) is 8.20. The Morgan fingerprint density at radius 2 is 1.92 bits per heavy atom. The molecule has 0 aliphatic carbocycles. The van der Waals surface area contributed by atoms with E-state index in [9.17, 15) is 13.2 Å². The van der Waals surface area contributed by atoms with Gasteiger partial charge >= 0.3 is 6.36 Å². The highest BCUT2D eigenvalue weighted by atomic mass is 79.9. The van der Waals surface area contributed by atoms with E-state index >= 15 is 0 Å². The number of nitrogens with zero attached hydrogens (tertiary/aromatic N) is 1. The van der Waals surface area contributed by atoms with Gasteiger partial charge in [0.05, 0.1) is 11.1 Å². The first kappa shape index (κ1) is 18.3. The lowest BCUT2D eigenvalue weighted by Gasteiger charge is -2.11. The number of hydrogen-bond acceptors (Lipinski definition) is 5. The zero-order chi connectivity index (χ0) is 17.6. The quantitative estimate of drug-likeness (QED) is 0.733. The van der Waals surface area contributed by atoms with Gasteiger partial charge < -0.3 is 19.9 Å². The van der Waals surface area contributed by atoms with Crippen LogP contribution in [0.4, 0.5) is 18.9 Å². The van der Waals surface area contributed by atoms with Crippen molar-refractivity contribution in [2.24, 2.45) is 0 Å². The fourth-order valence-corrected chi connectivity index (χ4v) is 2.30. The summed E-state index contributed by atoms with van der Waals surface area (Å²) in [7, 11) is 0. The molecular weight excluding hydrogens is 393 g/mol. The van der Waals surface area contributed by atoms with Crippen LogP contribution in [-0.4, -0.2) is 29.7 Å². The smallest absolute Gasteiger partial charge is 0.474 e. The van der Waals surface area contributed by atoms with Crippen LogP contribution in [0.5, 0.6) is 11.6 Å². The van der Waals surface area contributed by atoms with E-state index in [1.54, 1.807) is 12.3 Å². The molecule has 0 saturated carbocycles. The first-order valence-electron chi connectivity index (χ1n) is 6.85. The second-order valence-electron chi connectivity index (χ2n) is 4.63. The third-order valence-corrected chi connectivity index (χ3v) is 3.35. The molecule has 1 aromatic carbocycles. The third-order valence-electron chi connectivity index (χ3n) is 2.78. The standard InChI is InChI=1S/C15H14BrF3N2O3/c16-13-7-10(9-21-14(13)23-6-5-22)8-20-11-1-3-12(4-2-11)24-15(17,18)19/h1-4,7,9,20,22H,5-6,8H2. The molecule has 1 heterocycles. The summed E-state index contributed by atoms with van der Waals surface area (Å²) >= 11 is 3.32. The van der Waals surface area contributed by atoms with Crippen LogP contribution in [0.1, 0.15) is 5.56 Å². The second-order valence-corrected chi connectivity index (χ2v) is 5.48. The Morgan fingerprint density at radius 3 is 2.50 bits per heavy atom. The Morgan fingerprint density at radius 1 is 1.21 bits per heavy atom. The van der Waals surface area contributed by atoms with Crippen molar-refractivity contribution in [3.63, 3.8) is 0 Å². The molecule has 1 aromatic heterocycles. The van der Waals surface area contributed by atoms with Crippen molar-refractivity contribution in [3.05, 3.63) is 46.6 Å². The predicted octanol–water partition coefficient (Wildman–Crippen LogP) is 3.73. The highest BCUT2D eigenvalue weighted by molar-refractivity contribution is 9.10. The van der Waals surface area contributed by atoms with Gasteiger partial charge in [-0.15, -0.1) is 13.2 Å². The summed E-state index contributed by atoms with van der Waals surface area (Å²) in [5.74, 6) is 0.101. The third kappa shape index (κ3) is 5.89. The van der Waals surface area contributed by atoms with Crippen molar-refractivity contribution < 1.29 is 27.8 Å². The average Bonchev–Trinajstić information content (AvgIpc) is 2.52. The molecule has 0 aliphatic heterocycles. The molecule has 0 atom stereocenters. The minimum Gasteiger partial charge on any atom is -0.474 e. The Hall–Kier alpha value is -2.00. The number of nitrogens with one attached hydrogen (secondary N) is 1. The normalized spacial score (nSPS) is 11.2. The van der Waals surface area contributed by atoms with E-state index in [-0.39, 0.29) is 19.0 Å². The van der Waals surface area contributed by atoms with Gasteiger partial charge in [-0.2, -0.15) is 0 Å². The van der Waals surface area contributed by atoms with E-state index in [4.69, 9.17) is 9.84 Å². The summed E-state index contributed by atoms with van der Waals surface area (Å²) in [6.07, 6.45) is -3.10. The minimum atomic E-state index is -4.70. The van der Waals surface area contributed by atoms with Crippen molar-refractivity contribution in [3.8, 4) is 11.6 Å². The molecule has 5 nitrogen and oxygen atoms in total. The average molecular weight is 407 g/mol. The Bertz CT molecular complexity index is 666. The molecule has 0 saturated heterocycles. The van der Waals surface area contributed by atoms with E-state index < -0.39 is 6.36 Å². The number of hydrogen-bond donors (Lipinski definition) is 2. The van der Waals surface area contributed by atoms with Gasteiger partial charge in [-0.05, 0) is 51.8 Å². The van der Waals surface area contributed by atoms with Gasteiger partial charge in [-0.1, -0.05) is 0 Å². The van der Waals surface area contributed by atoms with Gasteiger partial charge in [0.15, 0.2) is 0 Å². The molecule has 2 aromatic rings. The number of ether oxygens (including phenoxy) is 2. The number of benzene rings is 1. The molecule has 0 radical (unpaired) electrons. The Balaban J connectivity index is 1.92. The van der Waals surface area contributed by atoms with Crippen LogP contribution >= 0.6 is 15.9 Å². The van der Waals surface area contributed by atoms with Crippen molar-refractivity contribution >= 4 is 21.6 Å². The maximum atomic E-state index is 12.1. The number of aromatic nitrogens is 1. The summed E-state index contributed by atoms with van der Waals surface area (Å²) in [5, 5.41) is 11.8. The summed E-state index contributed by atoms with van der Waals surface area (Å²) in [5.41, 5.74) is 1.48. The van der Waals surface area contributed by atoms with Gasteiger partial charge in [-0.3, -0.25) is 0 Å².